The maximum absolute atomic E-state index is 6.12. The zero-order valence-corrected chi connectivity index (χ0v) is 17.4. The van der Waals surface area contributed by atoms with Crippen molar-refractivity contribution >= 4 is 27.5 Å². The molecule has 1 aliphatic carbocycles. The Morgan fingerprint density at radius 2 is 1.44 bits per heavy atom. The number of allylic oxidation sites excluding steroid dienone is 2. The Morgan fingerprint density at radius 1 is 0.625 bits per heavy atom. The van der Waals surface area contributed by atoms with Gasteiger partial charge < -0.3 is 9.15 Å². The fourth-order valence-corrected chi connectivity index (χ4v) is 5.03. The van der Waals surface area contributed by atoms with Gasteiger partial charge in [0.2, 0.25) is 0 Å². The van der Waals surface area contributed by atoms with Crippen LogP contribution in [0.25, 0.3) is 38.6 Å². The van der Waals surface area contributed by atoms with E-state index in [1.807, 2.05) is 18.2 Å². The molecule has 5 aromatic rings. The fraction of sp³-hybridized carbons (Fsp3) is 0.0667. The molecular formula is C30H20O2. The summed E-state index contributed by atoms with van der Waals surface area (Å²) in [6, 6.07) is 31.8. The predicted octanol–water partition coefficient (Wildman–Crippen LogP) is 7.75. The summed E-state index contributed by atoms with van der Waals surface area (Å²) in [6.45, 7) is 0. The van der Waals surface area contributed by atoms with Gasteiger partial charge in [-0.1, -0.05) is 72.8 Å². The highest BCUT2D eigenvalue weighted by Crippen LogP contribution is 2.43. The minimum atomic E-state index is 0.0936. The third-order valence-electron chi connectivity index (χ3n) is 6.63. The molecule has 0 fully saturated rings. The highest BCUT2D eigenvalue weighted by Gasteiger charge is 2.33. The normalized spacial score (nSPS) is 18.9. The molecule has 2 unspecified atom stereocenters. The smallest absolute Gasteiger partial charge is 0.135 e. The minimum Gasteiger partial charge on any atom is -0.485 e. The van der Waals surface area contributed by atoms with E-state index >= 15 is 0 Å². The summed E-state index contributed by atoms with van der Waals surface area (Å²) in [4.78, 5) is 0. The zero-order valence-electron chi connectivity index (χ0n) is 17.4. The lowest BCUT2D eigenvalue weighted by Gasteiger charge is -2.19. The van der Waals surface area contributed by atoms with Crippen LogP contribution >= 0.6 is 0 Å². The number of rotatable bonds is 2. The molecule has 32 heavy (non-hydrogen) atoms. The van der Waals surface area contributed by atoms with Crippen molar-refractivity contribution in [3.05, 3.63) is 120 Å². The molecule has 0 amide bonds. The lowest BCUT2D eigenvalue weighted by molar-refractivity contribution is 0.269. The van der Waals surface area contributed by atoms with E-state index in [-0.39, 0.29) is 12.0 Å². The van der Waals surface area contributed by atoms with Crippen LogP contribution < -0.4 is 4.74 Å². The van der Waals surface area contributed by atoms with Crippen LogP contribution in [0.3, 0.4) is 0 Å². The summed E-state index contributed by atoms with van der Waals surface area (Å²) >= 11 is 0. The fourth-order valence-electron chi connectivity index (χ4n) is 5.03. The van der Waals surface area contributed by atoms with E-state index in [0.717, 1.165) is 27.7 Å². The summed E-state index contributed by atoms with van der Waals surface area (Å²) in [7, 11) is 0. The second-order valence-electron chi connectivity index (χ2n) is 8.52. The van der Waals surface area contributed by atoms with Gasteiger partial charge in [0, 0.05) is 22.3 Å². The molecule has 152 valence electrons. The molecule has 1 aliphatic heterocycles. The first-order valence-corrected chi connectivity index (χ1v) is 11.0. The molecule has 1 aromatic heterocycles. The second-order valence-corrected chi connectivity index (χ2v) is 8.52. The second kappa shape index (κ2) is 6.73. The van der Waals surface area contributed by atoms with E-state index < -0.39 is 0 Å². The van der Waals surface area contributed by atoms with E-state index in [2.05, 4.69) is 91.0 Å². The van der Waals surface area contributed by atoms with Crippen LogP contribution in [0, 0.1) is 0 Å². The van der Waals surface area contributed by atoms with Gasteiger partial charge in [0.05, 0.1) is 0 Å². The van der Waals surface area contributed by atoms with E-state index in [9.17, 15) is 0 Å². The Kier molecular flexibility index (Phi) is 3.71. The highest BCUT2D eigenvalue weighted by atomic mass is 16.5. The number of furan rings is 1. The van der Waals surface area contributed by atoms with Crippen LogP contribution in [0.4, 0.5) is 0 Å². The van der Waals surface area contributed by atoms with Gasteiger partial charge in [0.1, 0.15) is 23.0 Å². The molecule has 0 N–H and O–H groups in total. The molecule has 2 heteroatoms. The van der Waals surface area contributed by atoms with Crippen molar-refractivity contribution in [3.63, 3.8) is 0 Å². The van der Waals surface area contributed by atoms with Gasteiger partial charge in [-0.15, -0.1) is 0 Å². The summed E-state index contributed by atoms with van der Waals surface area (Å²) in [5.41, 5.74) is 7.98. The SMILES string of the molecule is C1=CC2Oc3ccccc3C2C=C1c1cccc(-c2ccc3oc4ccccc4c3c2)c1. The Morgan fingerprint density at radius 3 is 2.44 bits per heavy atom. The molecule has 0 saturated carbocycles. The maximum atomic E-state index is 6.12. The standard InChI is InChI=1S/C30H20O2/c1-3-10-27-23(8-1)25-17-21(12-14-29(25)31-27)19-6-5-7-20(16-19)22-13-15-30-26(18-22)24-9-2-4-11-28(24)32-30/h1-18,25,29H. The van der Waals surface area contributed by atoms with Gasteiger partial charge in [0.15, 0.2) is 0 Å². The summed E-state index contributed by atoms with van der Waals surface area (Å²) in [5, 5.41) is 2.31. The number of hydrogen-bond donors (Lipinski definition) is 0. The topological polar surface area (TPSA) is 22.4 Å². The third-order valence-corrected chi connectivity index (χ3v) is 6.63. The van der Waals surface area contributed by atoms with Crippen molar-refractivity contribution in [2.24, 2.45) is 0 Å². The molecule has 0 radical (unpaired) electrons. The first kappa shape index (κ1) is 17.6. The molecule has 2 nitrogen and oxygen atoms in total. The van der Waals surface area contributed by atoms with Crippen LogP contribution in [0.1, 0.15) is 17.0 Å². The van der Waals surface area contributed by atoms with Gasteiger partial charge in [-0.25, -0.2) is 0 Å². The van der Waals surface area contributed by atoms with Crippen LogP contribution in [0.2, 0.25) is 0 Å². The minimum absolute atomic E-state index is 0.0936. The van der Waals surface area contributed by atoms with E-state index in [1.165, 1.54) is 27.8 Å². The molecule has 0 bridgehead atoms. The van der Waals surface area contributed by atoms with Gasteiger partial charge in [0.25, 0.3) is 0 Å². The Balaban J connectivity index is 1.30. The molecule has 2 atom stereocenters. The van der Waals surface area contributed by atoms with Gasteiger partial charge >= 0.3 is 0 Å². The zero-order chi connectivity index (χ0) is 21.1. The van der Waals surface area contributed by atoms with Crippen molar-refractivity contribution in [3.8, 4) is 16.9 Å². The Bertz CT molecular complexity index is 1570. The maximum Gasteiger partial charge on any atom is 0.135 e. The summed E-state index contributed by atoms with van der Waals surface area (Å²) in [6.07, 6.45) is 6.83. The number of ether oxygens (including phenoxy) is 1. The van der Waals surface area contributed by atoms with Crippen molar-refractivity contribution in [1.82, 2.24) is 0 Å². The first-order valence-electron chi connectivity index (χ1n) is 11.0. The number of benzene rings is 4. The van der Waals surface area contributed by atoms with Crippen molar-refractivity contribution in [1.29, 1.82) is 0 Å². The Hall–Kier alpha value is -4.04. The van der Waals surface area contributed by atoms with Crippen LogP contribution in [0.15, 0.2) is 114 Å². The van der Waals surface area contributed by atoms with E-state index in [0.29, 0.717) is 0 Å². The van der Waals surface area contributed by atoms with Crippen molar-refractivity contribution < 1.29 is 9.15 Å². The lowest BCUT2D eigenvalue weighted by atomic mass is 9.86. The van der Waals surface area contributed by atoms with Gasteiger partial charge in [-0.3, -0.25) is 0 Å². The number of hydrogen-bond acceptors (Lipinski definition) is 2. The first-order chi connectivity index (χ1) is 15.8. The number of para-hydroxylation sites is 2. The summed E-state index contributed by atoms with van der Waals surface area (Å²) < 4.78 is 12.1. The predicted molar refractivity (Wildman–Crippen MR) is 130 cm³/mol. The molecule has 2 aliphatic rings. The molecule has 2 heterocycles. The molecule has 4 aromatic carbocycles. The third kappa shape index (κ3) is 2.66. The van der Waals surface area contributed by atoms with Crippen LogP contribution in [-0.2, 0) is 0 Å². The van der Waals surface area contributed by atoms with Crippen LogP contribution in [0.5, 0.6) is 5.75 Å². The van der Waals surface area contributed by atoms with Crippen molar-refractivity contribution in [2.75, 3.05) is 0 Å². The largest absolute Gasteiger partial charge is 0.485 e. The quantitative estimate of drug-likeness (QED) is 0.296. The van der Waals surface area contributed by atoms with Crippen molar-refractivity contribution in [2.45, 2.75) is 12.0 Å². The van der Waals surface area contributed by atoms with Crippen LogP contribution in [-0.4, -0.2) is 6.10 Å². The Labute approximate surface area is 186 Å². The summed E-state index contributed by atoms with van der Waals surface area (Å²) in [5.74, 6) is 1.27. The van der Waals surface area contributed by atoms with E-state index in [1.54, 1.807) is 0 Å². The molecule has 0 spiro atoms. The van der Waals surface area contributed by atoms with Gasteiger partial charge in [-0.05, 0) is 58.7 Å². The monoisotopic (exact) mass is 412 g/mol. The van der Waals surface area contributed by atoms with Gasteiger partial charge in [-0.2, -0.15) is 0 Å². The highest BCUT2D eigenvalue weighted by molar-refractivity contribution is 6.06. The average molecular weight is 412 g/mol. The van der Waals surface area contributed by atoms with E-state index in [4.69, 9.17) is 9.15 Å². The lowest BCUT2D eigenvalue weighted by Crippen LogP contribution is -2.16. The molecule has 7 rings (SSSR count). The molecule has 0 saturated heterocycles. The number of fused-ring (bicyclic) bond motifs is 6. The molecular weight excluding hydrogens is 392 g/mol. The average Bonchev–Trinajstić information content (AvgIpc) is 3.41.